The number of aromatic nitrogens is 6. The second-order valence-electron chi connectivity index (χ2n) is 11.7. The van der Waals surface area contributed by atoms with Gasteiger partial charge in [0, 0.05) is 73.0 Å². The summed E-state index contributed by atoms with van der Waals surface area (Å²) < 4.78 is 67.0. The summed E-state index contributed by atoms with van der Waals surface area (Å²) >= 11 is 2.29. The Kier molecular flexibility index (Phi) is 8.70. The van der Waals surface area contributed by atoms with Crippen molar-refractivity contribution in [3.8, 4) is 11.3 Å². The number of rotatable bonds is 5. The Balaban J connectivity index is 0.000000165. The van der Waals surface area contributed by atoms with Crippen LogP contribution < -0.4 is 0 Å². The number of pyridine rings is 1. The van der Waals surface area contributed by atoms with Gasteiger partial charge < -0.3 is 23.9 Å². The fourth-order valence-corrected chi connectivity index (χ4v) is 7.02. The molecule has 0 spiro atoms. The molecular weight excluding hydrogens is 692 g/mol. The van der Waals surface area contributed by atoms with E-state index in [1.807, 2.05) is 10.7 Å². The summed E-state index contributed by atoms with van der Waals surface area (Å²) in [6.45, 7) is 6.01. The minimum Gasteiger partial charge on any atom is -0.381 e. The van der Waals surface area contributed by atoms with Gasteiger partial charge in [-0.3, -0.25) is 9.36 Å². The smallest absolute Gasteiger partial charge is 0.381 e. The number of hydrogen-bond donors (Lipinski definition) is 1. The van der Waals surface area contributed by atoms with Crippen LogP contribution in [0, 0.1) is 3.70 Å². The van der Waals surface area contributed by atoms with Crippen molar-refractivity contribution in [2.45, 2.75) is 55.8 Å². The first-order valence-electron chi connectivity index (χ1n) is 15.0. The molecule has 4 aliphatic heterocycles. The summed E-state index contributed by atoms with van der Waals surface area (Å²) in [5.41, 5.74) is 3.06. The zero-order chi connectivity index (χ0) is 30.3. The molecule has 4 fully saturated rings. The molecular formula is C30H34F3IN6O4. The molecule has 0 radical (unpaired) electrons. The van der Waals surface area contributed by atoms with Crippen molar-refractivity contribution in [1.82, 2.24) is 29.5 Å². The average molecular weight is 727 g/mol. The molecule has 0 amide bonds. The highest BCUT2D eigenvalue weighted by Gasteiger charge is 2.34. The summed E-state index contributed by atoms with van der Waals surface area (Å²) in [4.78, 5) is 6.76. The predicted octanol–water partition coefficient (Wildman–Crippen LogP) is 5.86. The standard InChI is InChI=1S/C19H19F3N4O2.C11H15IN2O2/c20-19(21,22)15-8-24-18-14(15)5-12(7-23-18)16-6-17(11-1-3-27-9-11)26(25-16)13-2-4-28-10-13;12-11-5-10(8-1-3-15-6-8)14(13-11)9-2-4-16-7-9/h5-8,11,13H,1-4,9-10H2,(H,23,24);5,8-9H,1-4,6-7H2. The molecule has 236 valence electrons. The van der Waals surface area contributed by atoms with E-state index in [1.165, 1.54) is 11.8 Å². The first-order chi connectivity index (χ1) is 21.3. The highest BCUT2D eigenvalue weighted by Crippen LogP contribution is 2.37. The Morgan fingerprint density at radius 2 is 1.36 bits per heavy atom. The zero-order valence-electron chi connectivity index (χ0n) is 24.1. The highest BCUT2D eigenvalue weighted by molar-refractivity contribution is 14.1. The monoisotopic (exact) mass is 726 g/mol. The molecule has 4 unspecified atom stereocenters. The molecule has 1 N–H and O–H groups in total. The van der Waals surface area contributed by atoms with Crippen LogP contribution in [0.15, 0.2) is 30.6 Å². The van der Waals surface area contributed by atoms with Crippen molar-refractivity contribution >= 4 is 33.6 Å². The van der Waals surface area contributed by atoms with Crippen LogP contribution in [0.1, 0.15) is 66.6 Å². The van der Waals surface area contributed by atoms with E-state index in [2.05, 4.69) is 48.4 Å². The molecule has 14 heteroatoms. The average Bonchev–Trinajstić information content (AvgIpc) is 3.87. The Bertz CT molecular complexity index is 1510. The van der Waals surface area contributed by atoms with Crippen molar-refractivity contribution in [3.05, 3.63) is 51.2 Å². The number of H-pyrrole nitrogens is 1. The number of nitrogens with one attached hydrogen (secondary N) is 1. The lowest BCUT2D eigenvalue weighted by Crippen LogP contribution is -2.16. The fraction of sp³-hybridized carbons (Fsp3) is 0.567. The van der Waals surface area contributed by atoms with Crippen LogP contribution in [0.5, 0.6) is 0 Å². The van der Waals surface area contributed by atoms with Gasteiger partial charge in [-0.15, -0.1) is 0 Å². The number of nitrogens with zero attached hydrogens (tertiary/aromatic N) is 5. The van der Waals surface area contributed by atoms with Gasteiger partial charge in [-0.1, -0.05) is 0 Å². The highest BCUT2D eigenvalue weighted by atomic mass is 127. The Morgan fingerprint density at radius 1 is 0.773 bits per heavy atom. The van der Waals surface area contributed by atoms with Crippen LogP contribution in [-0.2, 0) is 25.1 Å². The SMILES string of the molecule is FC(F)(F)c1c[nH]c2ncc(-c3cc(C4CCOC4)n(C4CCOC4)n3)cc12.Ic1cc(C2CCOC2)n(C2CCOC2)n1. The Morgan fingerprint density at radius 3 is 1.93 bits per heavy atom. The van der Waals surface area contributed by atoms with E-state index in [1.54, 1.807) is 6.20 Å². The van der Waals surface area contributed by atoms with Gasteiger partial charge in [0.1, 0.15) is 9.35 Å². The van der Waals surface area contributed by atoms with Crippen LogP contribution in [0.3, 0.4) is 0 Å². The fourth-order valence-electron chi connectivity index (χ4n) is 6.47. The van der Waals surface area contributed by atoms with E-state index in [0.717, 1.165) is 67.7 Å². The predicted molar refractivity (Wildman–Crippen MR) is 163 cm³/mol. The third-order valence-corrected chi connectivity index (χ3v) is 9.36. The summed E-state index contributed by atoms with van der Waals surface area (Å²) in [5, 5.41) is 9.40. The molecule has 44 heavy (non-hydrogen) atoms. The van der Waals surface area contributed by atoms with E-state index in [0.29, 0.717) is 49.6 Å². The Labute approximate surface area is 265 Å². The zero-order valence-corrected chi connectivity index (χ0v) is 26.2. The minimum absolute atomic E-state index is 0.0505. The number of halogens is 4. The molecule has 8 rings (SSSR count). The number of ether oxygens (including phenoxy) is 4. The first kappa shape index (κ1) is 30.1. The van der Waals surface area contributed by atoms with Gasteiger partial charge in [-0.2, -0.15) is 23.4 Å². The normalized spacial score (nSPS) is 25.6. The summed E-state index contributed by atoms with van der Waals surface area (Å²) in [5.74, 6) is 0.758. The van der Waals surface area contributed by atoms with E-state index < -0.39 is 11.7 Å². The van der Waals surface area contributed by atoms with Gasteiger partial charge >= 0.3 is 6.18 Å². The maximum Gasteiger partial charge on any atom is 0.418 e. The van der Waals surface area contributed by atoms with Gasteiger partial charge in [0.2, 0.25) is 0 Å². The van der Waals surface area contributed by atoms with Crippen LogP contribution in [0.2, 0.25) is 0 Å². The molecule has 4 aromatic heterocycles. The van der Waals surface area contributed by atoms with E-state index in [-0.39, 0.29) is 23.0 Å². The number of hydrogen-bond acceptors (Lipinski definition) is 7. The maximum absolute atomic E-state index is 13.3. The molecule has 4 atom stereocenters. The molecule has 4 saturated heterocycles. The molecule has 0 aromatic carbocycles. The van der Waals surface area contributed by atoms with Crippen molar-refractivity contribution in [1.29, 1.82) is 0 Å². The summed E-state index contributed by atoms with van der Waals surface area (Å²) in [6, 6.07) is 6.23. The molecule has 8 heterocycles. The van der Waals surface area contributed by atoms with Crippen LogP contribution in [-0.4, -0.2) is 82.4 Å². The minimum atomic E-state index is -4.44. The van der Waals surface area contributed by atoms with Crippen molar-refractivity contribution in [2.75, 3.05) is 52.9 Å². The number of aromatic amines is 1. The molecule has 0 aliphatic carbocycles. The lowest BCUT2D eigenvalue weighted by molar-refractivity contribution is -0.136. The quantitative estimate of drug-likeness (QED) is 0.257. The van der Waals surface area contributed by atoms with Gasteiger partial charge in [0.25, 0.3) is 0 Å². The third-order valence-electron chi connectivity index (χ3n) is 8.83. The second kappa shape index (κ2) is 12.7. The molecule has 4 aromatic rings. The second-order valence-corrected chi connectivity index (χ2v) is 12.8. The molecule has 0 bridgehead atoms. The lowest BCUT2D eigenvalue weighted by Gasteiger charge is -2.16. The largest absolute Gasteiger partial charge is 0.418 e. The topological polar surface area (TPSA) is 101 Å². The third kappa shape index (κ3) is 6.15. The van der Waals surface area contributed by atoms with Crippen molar-refractivity contribution in [3.63, 3.8) is 0 Å². The van der Waals surface area contributed by atoms with Gasteiger partial charge in [0.15, 0.2) is 0 Å². The maximum atomic E-state index is 13.3. The van der Waals surface area contributed by atoms with Gasteiger partial charge in [-0.05, 0) is 66.5 Å². The first-order valence-corrected chi connectivity index (χ1v) is 16.1. The van der Waals surface area contributed by atoms with E-state index in [4.69, 9.17) is 24.0 Å². The Hall–Kier alpha value is -2.53. The lowest BCUT2D eigenvalue weighted by atomic mass is 10.0. The molecule has 0 saturated carbocycles. The van der Waals surface area contributed by atoms with Crippen molar-refractivity contribution in [2.24, 2.45) is 0 Å². The molecule has 4 aliphatic rings. The number of alkyl halides is 3. The molecule has 10 nitrogen and oxygen atoms in total. The summed E-state index contributed by atoms with van der Waals surface area (Å²) in [7, 11) is 0. The van der Waals surface area contributed by atoms with E-state index >= 15 is 0 Å². The number of fused-ring (bicyclic) bond motifs is 1. The van der Waals surface area contributed by atoms with Gasteiger partial charge in [0.05, 0.1) is 49.8 Å². The summed E-state index contributed by atoms with van der Waals surface area (Å²) in [6.07, 6.45) is 2.06. The van der Waals surface area contributed by atoms with E-state index in [9.17, 15) is 13.2 Å². The van der Waals surface area contributed by atoms with Crippen LogP contribution in [0.25, 0.3) is 22.3 Å². The van der Waals surface area contributed by atoms with Crippen LogP contribution >= 0.6 is 22.6 Å². The van der Waals surface area contributed by atoms with Gasteiger partial charge in [-0.25, -0.2) is 4.98 Å². The van der Waals surface area contributed by atoms with Crippen molar-refractivity contribution < 1.29 is 32.1 Å². The van der Waals surface area contributed by atoms with Crippen LogP contribution in [0.4, 0.5) is 13.2 Å².